The van der Waals surface area contributed by atoms with Crippen LogP contribution in [0, 0.1) is 0 Å². The SMILES string of the molecule is CC(OC1OC(CO)C(O)C(O)C1O)SS. The molecule has 0 aliphatic carbocycles. The summed E-state index contributed by atoms with van der Waals surface area (Å²) < 4.78 is 10.4. The molecule has 0 saturated carbocycles. The van der Waals surface area contributed by atoms with Gasteiger partial charge in [0.15, 0.2) is 6.29 Å². The van der Waals surface area contributed by atoms with E-state index in [-0.39, 0.29) is 5.44 Å². The molecule has 96 valence electrons. The van der Waals surface area contributed by atoms with Crippen LogP contribution in [0.4, 0.5) is 0 Å². The summed E-state index contributed by atoms with van der Waals surface area (Å²) in [5.74, 6) is 0. The Morgan fingerprint density at radius 2 is 1.94 bits per heavy atom. The summed E-state index contributed by atoms with van der Waals surface area (Å²) in [4.78, 5) is 0. The number of hydrogen-bond acceptors (Lipinski definition) is 8. The lowest BCUT2D eigenvalue weighted by molar-refractivity contribution is -0.303. The highest BCUT2D eigenvalue weighted by Gasteiger charge is 2.44. The fourth-order valence-electron chi connectivity index (χ4n) is 1.39. The number of hydrogen-bond donors (Lipinski definition) is 5. The van der Waals surface area contributed by atoms with E-state index in [0.29, 0.717) is 0 Å². The first kappa shape index (κ1) is 14.5. The van der Waals surface area contributed by atoms with Gasteiger partial charge in [0.05, 0.1) is 6.61 Å². The standard InChI is InChI=1S/C8H16O6S2/c1-3(16-15)13-8-7(12)6(11)5(10)4(2-9)14-8/h3-12,15H,2H2,1H3. The van der Waals surface area contributed by atoms with E-state index in [9.17, 15) is 15.3 Å². The number of thiol groups is 1. The molecule has 4 N–H and O–H groups in total. The van der Waals surface area contributed by atoms with Gasteiger partial charge in [0.1, 0.15) is 29.9 Å². The largest absolute Gasteiger partial charge is 0.394 e. The zero-order valence-corrected chi connectivity index (χ0v) is 10.3. The molecule has 0 aromatic carbocycles. The average molecular weight is 272 g/mol. The molecule has 16 heavy (non-hydrogen) atoms. The lowest BCUT2D eigenvalue weighted by Gasteiger charge is -2.40. The summed E-state index contributed by atoms with van der Waals surface area (Å²) in [6.07, 6.45) is -6.17. The molecule has 6 atom stereocenters. The van der Waals surface area contributed by atoms with Crippen LogP contribution in [-0.2, 0) is 9.47 Å². The maximum absolute atomic E-state index is 9.59. The van der Waals surface area contributed by atoms with Crippen molar-refractivity contribution >= 4 is 22.5 Å². The topological polar surface area (TPSA) is 99.4 Å². The maximum atomic E-state index is 9.59. The summed E-state index contributed by atoms with van der Waals surface area (Å²) in [7, 11) is 1.11. The molecule has 0 radical (unpaired) electrons. The highest BCUT2D eigenvalue weighted by atomic mass is 33.1. The molecule has 0 spiro atoms. The van der Waals surface area contributed by atoms with Crippen molar-refractivity contribution in [3.05, 3.63) is 0 Å². The zero-order chi connectivity index (χ0) is 12.3. The van der Waals surface area contributed by atoms with Gasteiger partial charge in [0, 0.05) is 0 Å². The van der Waals surface area contributed by atoms with Crippen molar-refractivity contribution in [2.45, 2.75) is 43.1 Å². The molecule has 1 rings (SSSR count). The molecule has 6 unspecified atom stereocenters. The van der Waals surface area contributed by atoms with Gasteiger partial charge >= 0.3 is 0 Å². The van der Waals surface area contributed by atoms with Crippen LogP contribution in [-0.4, -0.2) is 63.2 Å². The lowest BCUT2D eigenvalue weighted by atomic mass is 9.99. The van der Waals surface area contributed by atoms with Crippen molar-refractivity contribution in [3.63, 3.8) is 0 Å². The van der Waals surface area contributed by atoms with Crippen LogP contribution >= 0.6 is 22.5 Å². The Hall–Kier alpha value is 0.460. The third-order valence-corrected chi connectivity index (χ3v) is 3.62. The van der Waals surface area contributed by atoms with E-state index in [1.54, 1.807) is 6.92 Å². The Bertz CT molecular complexity index is 217. The minimum Gasteiger partial charge on any atom is -0.394 e. The first-order valence-electron chi connectivity index (χ1n) is 4.77. The lowest BCUT2D eigenvalue weighted by Crippen LogP contribution is -2.59. The van der Waals surface area contributed by atoms with Crippen molar-refractivity contribution in [2.24, 2.45) is 0 Å². The van der Waals surface area contributed by atoms with Gasteiger partial charge in [-0.25, -0.2) is 0 Å². The van der Waals surface area contributed by atoms with E-state index in [4.69, 9.17) is 14.6 Å². The second-order valence-electron chi connectivity index (χ2n) is 3.51. The monoisotopic (exact) mass is 272 g/mol. The fraction of sp³-hybridized carbons (Fsp3) is 1.00. The summed E-state index contributed by atoms with van der Waals surface area (Å²) in [6, 6.07) is 0. The average Bonchev–Trinajstić information content (AvgIpc) is 2.29. The predicted octanol–water partition coefficient (Wildman–Crippen LogP) is -1.27. The minimum atomic E-state index is -1.41. The van der Waals surface area contributed by atoms with Crippen molar-refractivity contribution in [3.8, 4) is 0 Å². The number of ether oxygens (including phenoxy) is 2. The molecule has 8 heteroatoms. The van der Waals surface area contributed by atoms with E-state index in [1.807, 2.05) is 0 Å². The smallest absolute Gasteiger partial charge is 0.188 e. The summed E-state index contributed by atoms with van der Waals surface area (Å²) in [5, 5.41) is 37.5. The zero-order valence-electron chi connectivity index (χ0n) is 8.63. The number of aliphatic hydroxyl groups is 4. The van der Waals surface area contributed by atoms with Crippen LogP contribution < -0.4 is 0 Å². The highest BCUT2D eigenvalue weighted by Crippen LogP contribution is 2.26. The molecule has 0 aromatic rings. The molecule has 6 nitrogen and oxygen atoms in total. The van der Waals surface area contributed by atoms with Gasteiger partial charge in [-0.3, -0.25) is 0 Å². The van der Waals surface area contributed by atoms with E-state index in [0.717, 1.165) is 10.8 Å². The fourth-order valence-corrected chi connectivity index (χ4v) is 1.70. The van der Waals surface area contributed by atoms with Gasteiger partial charge in [-0.15, -0.1) is 11.7 Å². The highest BCUT2D eigenvalue weighted by molar-refractivity contribution is 8.68. The Labute approximate surface area is 102 Å². The van der Waals surface area contributed by atoms with Gasteiger partial charge in [-0.05, 0) is 6.92 Å². The van der Waals surface area contributed by atoms with Crippen LogP contribution in [0.1, 0.15) is 6.92 Å². The van der Waals surface area contributed by atoms with E-state index < -0.39 is 37.3 Å². The first-order valence-corrected chi connectivity index (χ1v) is 6.70. The summed E-state index contributed by atoms with van der Waals surface area (Å²) in [5.41, 5.74) is -0.357. The Morgan fingerprint density at radius 3 is 2.44 bits per heavy atom. The summed E-state index contributed by atoms with van der Waals surface area (Å²) >= 11 is 3.92. The van der Waals surface area contributed by atoms with Crippen LogP contribution in [0.15, 0.2) is 0 Å². The number of rotatable bonds is 4. The molecule has 1 aliphatic heterocycles. The molecule has 1 saturated heterocycles. The molecule has 1 heterocycles. The minimum absolute atomic E-state index is 0.357. The van der Waals surface area contributed by atoms with Crippen molar-refractivity contribution in [1.82, 2.24) is 0 Å². The number of aliphatic hydroxyl groups excluding tert-OH is 4. The second kappa shape index (κ2) is 6.41. The molecule has 0 bridgehead atoms. The summed E-state index contributed by atoms with van der Waals surface area (Å²) in [6.45, 7) is 1.23. The van der Waals surface area contributed by atoms with Crippen LogP contribution in [0.5, 0.6) is 0 Å². The third-order valence-electron chi connectivity index (χ3n) is 2.32. The Morgan fingerprint density at radius 1 is 1.31 bits per heavy atom. The van der Waals surface area contributed by atoms with Crippen LogP contribution in [0.2, 0.25) is 0 Å². The van der Waals surface area contributed by atoms with E-state index >= 15 is 0 Å². The molecular formula is C8H16O6S2. The van der Waals surface area contributed by atoms with Crippen molar-refractivity contribution in [2.75, 3.05) is 6.61 Å². The van der Waals surface area contributed by atoms with Crippen LogP contribution in [0.3, 0.4) is 0 Å². The van der Waals surface area contributed by atoms with Gasteiger partial charge in [0.2, 0.25) is 0 Å². The quantitative estimate of drug-likeness (QED) is 0.247. The van der Waals surface area contributed by atoms with Crippen LogP contribution in [0.25, 0.3) is 0 Å². The molecule has 1 aliphatic rings. The van der Waals surface area contributed by atoms with Crippen molar-refractivity contribution in [1.29, 1.82) is 0 Å². The second-order valence-corrected chi connectivity index (χ2v) is 5.01. The van der Waals surface area contributed by atoms with Gasteiger partial charge in [-0.2, -0.15) is 0 Å². The predicted molar refractivity (Wildman–Crippen MR) is 60.9 cm³/mol. The molecular weight excluding hydrogens is 256 g/mol. The first-order chi connectivity index (χ1) is 7.51. The van der Waals surface area contributed by atoms with Crippen molar-refractivity contribution < 1.29 is 29.9 Å². The normalized spacial score (nSPS) is 42.0. The maximum Gasteiger partial charge on any atom is 0.188 e. The molecule has 0 amide bonds. The van der Waals surface area contributed by atoms with Gasteiger partial charge < -0.3 is 29.9 Å². The third kappa shape index (κ3) is 3.23. The van der Waals surface area contributed by atoms with E-state index in [1.165, 1.54) is 0 Å². The molecule has 0 aromatic heterocycles. The Kier molecular flexibility index (Phi) is 5.82. The van der Waals surface area contributed by atoms with Gasteiger partial charge in [0.25, 0.3) is 0 Å². The van der Waals surface area contributed by atoms with Gasteiger partial charge in [-0.1, -0.05) is 10.8 Å². The molecule has 1 fully saturated rings. The van der Waals surface area contributed by atoms with E-state index in [2.05, 4.69) is 11.7 Å². The Balaban J connectivity index is 2.63.